The maximum atomic E-state index is 11.7. The summed E-state index contributed by atoms with van der Waals surface area (Å²) in [5.41, 5.74) is 1.62. The molecule has 1 aliphatic heterocycles. The Labute approximate surface area is 101 Å². The van der Waals surface area contributed by atoms with Gasteiger partial charge in [0, 0.05) is 11.9 Å². The molecule has 0 fully saturated rings. The average molecular weight is 236 g/mol. The van der Waals surface area contributed by atoms with Gasteiger partial charge in [-0.2, -0.15) is 0 Å². The summed E-state index contributed by atoms with van der Waals surface area (Å²) in [6.45, 7) is 5.62. The highest BCUT2D eigenvalue weighted by Crippen LogP contribution is 2.35. The van der Waals surface area contributed by atoms with Crippen LogP contribution in [0.15, 0.2) is 24.3 Å². The fraction of sp³-hybridized carbons (Fsp3) is 0.308. The summed E-state index contributed by atoms with van der Waals surface area (Å²) in [6, 6.07) is 5.58. The van der Waals surface area contributed by atoms with E-state index in [1.807, 2.05) is 44.2 Å². The SMILES string of the molecule is CC(=O)N1c2ccc(Cl)cc2C=CC1(C)C. The molecule has 0 saturated carbocycles. The van der Waals surface area contributed by atoms with Crippen molar-refractivity contribution in [3.05, 3.63) is 34.9 Å². The smallest absolute Gasteiger partial charge is 0.224 e. The van der Waals surface area contributed by atoms with Crippen molar-refractivity contribution in [2.75, 3.05) is 4.90 Å². The molecule has 1 aromatic rings. The van der Waals surface area contributed by atoms with E-state index in [2.05, 4.69) is 0 Å². The number of amides is 1. The Morgan fingerprint density at radius 1 is 1.38 bits per heavy atom. The fourth-order valence-electron chi connectivity index (χ4n) is 2.12. The van der Waals surface area contributed by atoms with Crippen LogP contribution >= 0.6 is 11.6 Å². The topological polar surface area (TPSA) is 20.3 Å². The number of hydrogen-bond donors (Lipinski definition) is 0. The molecule has 1 amide bonds. The molecule has 0 bridgehead atoms. The van der Waals surface area contributed by atoms with E-state index in [9.17, 15) is 4.79 Å². The molecule has 0 aliphatic carbocycles. The van der Waals surface area contributed by atoms with Gasteiger partial charge in [-0.1, -0.05) is 23.8 Å². The molecular weight excluding hydrogens is 222 g/mol. The Morgan fingerprint density at radius 2 is 2.06 bits per heavy atom. The van der Waals surface area contributed by atoms with Gasteiger partial charge in [0.2, 0.25) is 5.91 Å². The van der Waals surface area contributed by atoms with Gasteiger partial charge in [-0.05, 0) is 37.6 Å². The third kappa shape index (κ3) is 1.74. The molecule has 0 atom stereocenters. The Bertz CT molecular complexity index is 477. The first-order valence-corrected chi connectivity index (χ1v) is 5.59. The van der Waals surface area contributed by atoms with Gasteiger partial charge in [0.05, 0.1) is 11.2 Å². The van der Waals surface area contributed by atoms with E-state index in [0.29, 0.717) is 5.02 Å². The van der Waals surface area contributed by atoms with Crippen LogP contribution in [-0.2, 0) is 4.79 Å². The first-order chi connectivity index (χ1) is 7.42. The van der Waals surface area contributed by atoms with Crippen LogP contribution < -0.4 is 4.90 Å². The highest BCUT2D eigenvalue weighted by molar-refractivity contribution is 6.30. The van der Waals surface area contributed by atoms with Crippen LogP contribution in [0.4, 0.5) is 5.69 Å². The highest BCUT2D eigenvalue weighted by Gasteiger charge is 2.31. The number of carbonyl (C=O) groups is 1. The number of fused-ring (bicyclic) bond motifs is 1. The summed E-state index contributed by atoms with van der Waals surface area (Å²) < 4.78 is 0. The van der Waals surface area contributed by atoms with Gasteiger partial charge in [-0.25, -0.2) is 0 Å². The van der Waals surface area contributed by atoms with Crippen molar-refractivity contribution in [3.63, 3.8) is 0 Å². The monoisotopic (exact) mass is 235 g/mol. The third-order valence-corrected chi connectivity index (χ3v) is 3.03. The number of hydrogen-bond acceptors (Lipinski definition) is 1. The second-order valence-electron chi connectivity index (χ2n) is 4.54. The molecule has 0 radical (unpaired) electrons. The summed E-state index contributed by atoms with van der Waals surface area (Å²) >= 11 is 5.94. The minimum absolute atomic E-state index is 0.0397. The van der Waals surface area contributed by atoms with Gasteiger partial charge < -0.3 is 4.90 Å². The second-order valence-corrected chi connectivity index (χ2v) is 4.98. The van der Waals surface area contributed by atoms with Crippen LogP contribution in [0.5, 0.6) is 0 Å². The van der Waals surface area contributed by atoms with Gasteiger partial charge in [0.15, 0.2) is 0 Å². The number of benzene rings is 1. The van der Waals surface area contributed by atoms with Gasteiger partial charge in [-0.15, -0.1) is 0 Å². The van der Waals surface area contributed by atoms with E-state index >= 15 is 0 Å². The lowest BCUT2D eigenvalue weighted by Crippen LogP contribution is -2.47. The molecule has 1 heterocycles. The van der Waals surface area contributed by atoms with E-state index in [0.717, 1.165) is 11.3 Å². The zero-order valence-corrected chi connectivity index (χ0v) is 10.4. The third-order valence-electron chi connectivity index (χ3n) is 2.79. The highest BCUT2D eigenvalue weighted by atomic mass is 35.5. The van der Waals surface area contributed by atoms with Crippen LogP contribution in [0.2, 0.25) is 5.02 Å². The molecule has 1 aromatic carbocycles. The quantitative estimate of drug-likeness (QED) is 0.674. The summed E-state index contributed by atoms with van der Waals surface area (Å²) in [6.07, 6.45) is 4.04. The van der Waals surface area contributed by atoms with E-state index < -0.39 is 0 Å². The van der Waals surface area contributed by atoms with E-state index in [1.54, 1.807) is 11.8 Å². The van der Waals surface area contributed by atoms with E-state index in [1.165, 1.54) is 0 Å². The van der Waals surface area contributed by atoms with Crippen molar-refractivity contribution >= 4 is 29.3 Å². The summed E-state index contributed by atoms with van der Waals surface area (Å²) in [4.78, 5) is 13.5. The lowest BCUT2D eigenvalue weighted by atomic mass is 9.93. The van der Waals surface area contributed by atoms with Gasteiger partial charge in [-0.3, -0.25) is 4.79 Å². The van der Waals surface area contributed by atoms with Crippen LogP contribution in [0.25, 0.3) is 6.08 Å². The molecule has 0 saturated heterocycles. The Kier molecular flexibility index (Phi) is 2.55. The number of nitrogens with zero attached hydrogens (tertiary/aromatic N) is 1. The molecule has 0 unspecified atom stereocenters. The van der Waals surface area contributed by atoms with Crippen LogP contribution in [0, 0.1) is 0 Å². The van der Waals surface area contributed by atoms with E-state index in [-0.39, 0.29) is 11.4 Å². The number of carbonyl (C=O) groups excluding carboxylic acids is 1. The van der Waals surface area contributed by atoms with Crippen LogP contribution in [0.1, 0.15) is 26.3 Å². The largest absolute Gasteiger partial charge is 0.303 e. The van der Waals surface area contributed by atoms with Crippen LogP contribution in [-0.4, -0.2) is 11.4 Å². The van der Waals surface area contributed by atoms with Crippen molar-refractivity contribution in [2.45, 2.75) is 26.3 Å². The minimum Gasteiger partial charge on any atom is -0.303 e. The predicted molar refractivity (Wildman–Crippen MR) is 67.7 cm³/mol. The summed E-state index contributed by atoms with van der Waals surface area (Å²) in [7, 11) is 0. The van der Waals surface area contributed by atoms with Crippen LogP contribution in [0.3, 0.4) is 0 Å². The van der Waals surface area contributed by atoms with Crippen molar-refractivity contribution in [3.8, 4) is 0 Å². The lowest BCUT2D eigenvalue weighted by Gasteiger charge is -2.39. The fourth-order valence-corrected chi connectivity index (χ4v) is 2.30. The zero-order chi connectivity index (χ0) is 11.9. The number of anilines is 1. The molecule has 16 heavy (non-hydrogen) atoms. The number of halogens is 1. The van der Waals surface area contributed by atoms with Gasteiger partial charge in [0.25, 0.3) is 0 Å². The standard InChI is InChI=1S/C13H14ClNO/c1-9(16)15-12-5-4-11(14)8-10(12)6-7-13(15,2)3/h4-8H,1-3H3. The van der Waals surface area contributed by atoms with Gasteiger partial charge >= 0.3 is 0 Å². The first-order valence-electron chi connectivity index (χ1n) is 5.21. The molecule has 0 N–H and O–H groups in total. The Hall–Kier alpha value is -1.28. The Balaban J connectivity index is 2.61. The first kappa shape index (κ1) is 11.2. The summed E-state index contributed by atoms with van der Waals surface area (Å²) in [5.74, 6) is 0.0397. The molecule has 2 rings (SSSR count). The maximum absolute atomic E-state index is 11.7. The molecule has 3 heteroatoms. The average Bonchev–Trinajstić information content (AvgIpc) is 2.16. The molecule has 0 spiro atoms. The molecule has 1 aliphatic rings. The van der Waals surface area contributed by atoms with Gasteiger partial charge in [0.1, 0.15) is 0 Å². The minimum atomic E-state index is -0.285. The summed E-state index contributed by atoms with van der Waals surface area (Å²) in [5, 5.41) is 0.687. The Morgan fingerprint density at radius 3 is 2.69 bits per heavy atom. The maximum Gasteiger partial charge on any atom is 0.224 e. The zero-order valence-electron chi connectivity index (χ0n) is 9.62. The normalized spacial score (nSPS) is 17.1. The second kappa shape index (κ2) is 3.63. The molecule has 84 valence electrons. The van der Waals surface area contributed by atoms with Crippen molar-refractivity contribution in [1.29, 1.82) is 0 Å². The molecular formula is C13H14ClNO. The molecule has 2 nitrogen and oxygen atoms in total. The van der Waals surface area contributed by atoms with Crippen molar-refractivity contribution < 1.29 is 4.79 Å². The lowest BCUT2D eigenvalue weighted by molar-refractivity contribution is -0.117. The van der Waals surface area contributed by atoms with E-state index in [4.69, 9.17) is 11.6 Å². The van der Waals surface area contributed by atoms with Crippen molar-refractivity contribution in [1.82, 2.24) is 0 Å². The molecule has 0 aromatic heterocycles. The predicted octanol–water partition coefficient (Wildman–Crippen LogP) is 3.50. The van der Waals surface area contributed by atoms with Crippen molar-refractivity contribution in [2.24, 2.45) is 0 Å². The number of rotatable bonds is 0.